The van der Waals surface area contributed by atoms with E-state index < -0.39 is 0 Å². The fraction of sp³-hybridized carbons (Fsp3) is 0.303. The smallest absolute Gasteiger partial charge is 0.216 e. The molecule has 1 aliphatic rings. The maximum Gasteiger partial charge on any atom is 0.216 e. The summed E-state index contributed by atoms with van der Waals surface area (Å²) in [6.07, 6.45) is 3.07. The lowest BCUT2D eigenvalue weighted by Gasteiger charge is -2.24. The number of aromatic nitrogens is 1. The Kier molecular flexibility index (Phi) is 4.80. The molecule has 0 unspecified atom stereocenters. The number of benzene rings is 3. The summed E-state index contributed by atoms with van der Waals surface area (Å²) in [4.78, 5) is 0. The fourth-order valence-corrected chi connectivity index (χ4v) is 7.10. The number of pyridine rings is 1. The van der Waals surface area contributed by atoms with Gasteiger partial charge in [0.2, 0.25) is 5.69 Å². The van der Waals surface area contributed by atoms with Crippen LogP contribution in [0, 0.1) is 19.7 Å². The average molecular weight is 479 g/mol. The Balaban J connectivity index is 1.74. The van der Waals surface area contributed by atoms with Gasteiger partial charge in [0.15, 0.2) is 6.20 Å². The van der Waals surface area contributed by atoms with Crippen LogP contribution in [0.4, 0.5) is 4.39 Å². The van der Waals surface area contributed by atoms with Gasteiger partial charge >= 0.3 is 0 Å². The van der Waals surface area contributed by atoms with Gasteiger partial charge < -0.3 is 4.42 Å². The molecule has 182 valence electrons. The molecule has 3 aromatic carbocycles. The molecule has 5 aromatic rings. The Morgan fingerprint density at radius 1 is 0.750 bits per heavy atom. The quantitative estimate of drug-likeness (QED) is 0.233. The first kappa shape index (κ1) is 23.0. The fourth-order valence-electron chi connectivity index (χ4n) is 7.10. The van der Waals surface area contributed by atoms with Crippen molar-refractivity contribution in [1.82, 2.24) is 0 Å². The van der Waals surface area contributed by atoms with E-state index in [0.29, 0.717) is 11.1 Å². The highest BCUT2D eigenvalue weighted by Gasteiger charge is 2.45. The Hall–Kier alpha value is -3.46. The van der Waals surface area contributed by atoms with E-state index in [2.05, 4.69) is 76.4 Å². The molecule has 0 saturated carbocycles. The normalized spacial score (nSPS) is 16.1. The highest BCUT2D eigenvalue weighted by Crippen LogP contribution is 2.55. The molecule has 6 rings (SSSR count). The third-order valence-corrected chi connectivity index (χ3v) is 8.20. The highest BCUT2D eigenvalue weighted by molar-refractivity contribution is 6.13. The van der Waals surface area contributed by atoms with Crippen LogP contribution in [0.15, 0.2) is 65.2 Å². The second kappa shape index (κ2) is 7.52. The van der Waals surface area contributed by atoms with Crippen molar-refractivity contribution >= 4 is 21.9 Å². The third-order valence-electron chi connectivity index (χ3n) is 8.20. The van der Waals surface area contributed by atoms with E-state index in [9.17, 15) is 0 Å². The Morgan fingerprint density at radius 2 is 1.39 bits per heavy atom. The maximum atomic E-state index is 15.8. The number of nitrogens with zero attached hydrogens (tertiary/aromatic N) is 1. The van der Waals surface area contributed by atoms with Gasteiger partial charge in [-0.15, -0.1) is 0 Å². The van der Waals surface area contributed by atoms with Crippen LogP contribution in [-0.4, -0.2) is 0 Å². The van der Waals surface area contributed by atoms with Crippen molar-refractivity contribution in [3.8, 4) is 22.4 Å². The first-order valence-electron chi connectivity index (χ1n) is 12.8. The molecule has 0 saturated heterocycles. The summed E-state index contributed by atoms with van der Waals surface area (Å²) in [5, 5.41) is 1.96. The summed E-state index contributed by atoms with van der Waals surface area (Å²) < 4.78 is 24.7. The van der Waals surface area contributed by atoms with E-state index in [-0.39, 0.29) is 16.6 Å². The van der Waals surface area contributed by atoms with E-state index in [1.54, 1.807) is 6.07 Å². The molecular formula is C33H33FNO+. The van der Waals surface area contributed by atoms with Crippen LogP contribution in [0.2, 0.25) is 0 Å². The monoisotopic (exact) mass is 478 g/mol. The van der Waals surface area contributed by atoms with E-state index >= 15 is 4.39 Å². The van der Waals surface area contributed by atoms with E-state index in [1.807, 2.05) is 31.4 Å². The van der Waals surface area contributed by atoms with Crippen molar-refractivity contribution in [3.63, 3.8) is 0 Å². The molecule has 0 bridgehead atoms. The largest absolute Gasteiger partial charge is 0.454 e. The van der Waals surface area contributed by atoms with Gasteiger partial charge in [0.25, 0.3) is 0 Å². The van der Waals surface area contributed by atoms with Crippen LogP contribution < -0.4 is 4.57 Å². The Labute approximate surface area is 212 Å². The molecule has 3 heteroatoms. The van der Waals surface area contributed by atoms with Crippen LogP contribution in [0.5, 0.6) is 0 Å². The minimum absolute atomic E-state index is 0.0313. The zero-order chi connectivity index (χ0) is 25.6. The van der Waals surface area contributed by atoms with Crippen LogP contribution in [0.3, 0.4) is 0 Å². The summed E-state index contributed by atoms with van der Waals surface area (Å²) in [6.45, 7) is 13.5. The summed E-state index contributed by atoms with van der Waals surface area (Å²) in [6, 6.07) is 18.1. The minimum atomic E-state index is -0.239. The maximum absolute atomic E-state index is 15.8. The number of fused-ring (bicyclic) bond motifs is 4. The second-order valence-corrected chi connectivity index (χ2v) is 11.9. The van der Waals surface area contributed by atoms with Crippen LogP contribution >= 0.6 is 0 Å². The van der Waals surface area contributed by atoms with E-state index in [1.165, 1.54) is 16.7 Å². The number of hydrogen-bond donors (Lipinski definition) is 0. The SMILES string of the molecule is Cc1ccc(-c2c(F)ccc3c2oc2c(-c4cccc[n+]4C)c(C)ccc23)c2c1C(C)(C)CC2(C)C. The Bertz CT molecular complexity index is 1700. The van der Waals surface area contributed by atoms with Gasteiger partial charge in [-0.05, 0) is 77.1 Å². The van der Waals surface area contributed by atoms with E-state index in [0.717, 1.165) is 45.2 Å². The molecule has 0 amide bonds. The molecule has 1 aliphatic carbocycles. The summed E-state index contributed by atoms with van der Waals surface area (Å²) in [5.74, 6) is -0.239. The van der Waals surface area contributed by atoms with Gasteiger partial charge in [-0.25, -0.2) is 8.96 Å². The minimum Gasteiger partial charge on any atom is -0.454 e. The topological polar surface area (TPSA) is 17.0 Å². The molecule has 0 atom stereocenters. The average Bonchev–Trinajstić information content (AvgIpc) is 3.26. The zero-order valence-electron chi connectivity index (χ0n) is 22.2. The van der Waals surface area contributed by atoms with Gasteiger partial charge in [-0.1, -0.05) is 52.0 Å². The van der Waals surface area contributed by atoms with Crippen LogP contribution in [-0.2, 0) is 17.9 Å². The molecule has 2 heterocycles. The molecule has 0 radical (unpaired) electrons. The van der Waals surface area contributed by atoms with Gasteiger partial charge in [-0.3, -0.25) is 0 Å². The van der Waals surface area contributed by atoms with Gasteiger partial charge in [0.1, 0.15) is 24.0 Å². The van der Waals surface area contributed by atoms with Crippen molar-refractivity contribution in [2.24, 2.45) is 7.05 Å². The van der Waals surface area contributed by atoms with Crippen molar-refractivity contribution < 1.29 is 13.4 Å². The number of aryl methyl sites for hydroxylation is 3. The Morgan fingerprint density at radius 3 is 2.11 bits per heavy atom. The number of rotatable bonds is 2. The first-order chi connectivity index (χ1) is 17.0. The summed E-state index contributed by atoms with van der Waals surface area (Å²) >= 11 is 0. The molecule has 36 heavy (non-hydrogen) atoms. The van der Waals surface area contributed by atoms with Gasteiger partial charge in [-0.2, -0.15) is 0 Å². The van der Waals surface area contributed by atoms with Crippen molar-refractivity contribution in [3.05, 3.63) is 88.9 Å². The molecule has 0 fully saturated rings. The standard InChI is InChI=1S/C33H33FNO/c1-19-11-13-21-22-15-16-24(34)27(31(22)36-30(21)26(19)25-10-8-9-17-35(25)7)23-14-12-20(2)28-29(23)33(5,6)18-32(28,3)4/h8-17H,18H2,1-7H3/q+1. The lowest BCUT2D eigenvalue weighted by atomic mass is 9.80. The predicted molar refractivity (Wildman–Crippen MR) is 146 cm³/mol. The molecule has 2 aromatic heterocycles. The highest BCUT2D eigenvalue weighted by atomic mass is 19.1. The second-order valence-electron chi connectivity index (χ2n) is 11.9. The predicted octanol–water partition coefficient (Wildman–Crippen LogP) is 8.46. The van der Waals surface area contributed by atoms with Crippen molar-refractivity contribution in [1.29, 1.82) is 0 Å². The van der Waals surface area contributed by atoms with Crippen LogP contribution in [0.1, 0.15) is 56.4 Å². The number of furan rings is 1. The zero-order valence-corrected chi connectivity index (χ0v) is 22.2. The van der Waals surface area contributed by atoms with E-state index in [4.69, 9.17) is 4.42 Å². The first-order valence-corrected chi connectivity index (χ1v) is 12.8. The van der Waals surface area contributed by atoms with Crippen LogP contribution in [0.25, 0.3) is 44.3 Å². The lowest BCUT2D eigenvalue weighted by molar-refractivity contribution is -0.660. The molecule has 2 nitrogen and oxygen atoms in total. The molecule has 0 aliphatic heterocycles. The summed E-state index contributed by atoms with van der Waals surface area (Å²) in [7, 11) is 2.04. The van der Waals surface area contributed by atoms with Crippen molar-refractivity contribution in [2.75, 3.05) is 0 Å². The molecule has 0 spiro atoms. The lowest BCUT2D eigenvalue weighted by Crippen LogP contribution is -2.30. The number of hydrogen-bond acceptors (Lipinski definition) is 1. The molecular weight excluding hydrogens is 445 g/mol. The molecule has 0 N–H and O–H groups in total. The van der Waals surface area contributed by atoms with Crippen molar-refractivity contribution in [2.45, 2.75) is 58.8 Å². The van der Waals surface area contributed by atoms with Gasteiger partial charge in [0.05, 0.1) is 11.1 Å². The summed E-state index contributed by atoms with van der Waals surface area (Å²) in [5.41, 5.74) is 10.1. The van der Waals surface area contributed by atoms with Gasteiger partial charge in [0, 0.05) is 22.9 Å². The number of halogens is 1. The third kappa shape index (κ3) is 3.11.